The molecule has 4 nitrogen and oxygen atoms in total. The largest absolute Gasteiger partial charge is 0.339 e. The summed E-state index contributed by atoms with van der Waals surface area (Å²) >= 11 is 0. The highest BCUT2D eigenvalue weighted by molar-refractivity contribution is 5.74. The molecule has 3 fully saturated rings. The molecule has 4 heteroatoms. The molecule has 3 aliphatic carbocycles. The van der Waals surface area contributed by atoms with Crippen LogP contribution in [-0.2, 0) is 4.79 Å². The van der Waals surface area contributed by atoms with Crippen LogP contribution in [0.3, 0.4) is 0 Å². The Kier molecular flexibility index (Phi) is 4.19. The maximum absolute atomic E-state index is 12.3. The van der Waals surface area contributed by atoms with Crippen molar-refractivity contribution in [3.05, 3.63) is 30.4 Å². The van der Waals surface area contributed by atoms with E-state index in [-0.39, 0.29) is 11.3 Å². The average molecular weight is 380 g/mol. The lowest BCUT2D eigenvalue weighted by atomic mass is 9.47. The number of carbonyl (C=O) groups is 1. The monoisotopic (exact) mass is 379 g/mol. The minimum absolute atomic E-state index is 0.231. The molecule has 1 aliphatic heterocycles. The Morgan fingerprint density at radius 3 is 2.75 bits per heavy atom. The maximum atomic E-state index is 12.3. The summed E-state index contributed by atoms with van der Waals surface area (Å²) in [7, 11) is 0. The summed E-state index contributed by atoms with van der Waals surface area (Å²) < 4.78 is 0. The SMILES string of the molecule is CC(=O)N1CCCC2(C)C3CCC4(C)C(c5cnccn5)=CCC4C3CCC12. The predicted molar refractivity (Wildman–Crippen MR) is 110 cm³/mol. The van der Waals surface area contributed by atoms with Gasteiger partial charge >= 0.3 is 0 Å². The van der Waals surface area contributed by atoms with E-state index < -0.39 is 0 Å². The second kappa shape index (κ2) is 6.40. The Labute approximate surface area is 168 Å². The van der Waals surface area contributed by atoms with Gasteiger partial charge in [-0.1, -0.05) is 19.9 Å². The van der Waals surface area contributed by atoms with E-state index in [1.807, 2.05) is 12.4 Å². The molecule has 1 aromatic heterocycles. The van der Waals surface area contributed by atoms with Gasteiger partial charge in [0.2, 0.25) is 5.91 Å². The lowest BCUT2D eigenvalue weighted by molar-refractivity contribution is -0.151. The first-order valence-corrected chi connectivity index (χ1v) is 11.2. The lowest BCUT2D eigenvalue weighted by Gasteiger charge is -2.62. The van der Waals surface area contributed by atoms with Gasteiger partial charge in [-0.05, 0) is 79.1 Å². The topological polar surface area (TPSA) is 46.1 Å². The highest BCUT2D eigenvalue weighted by atomic mass is 16.2. The highest BCUT2D eigenvalue weighted by Gasteiger charge is 2.59. The van der Waals surface area contributed by atoms with Crippen molar-refractivity contribution in [2.24, 2.45) is 28.6 Å². The molecule has 4 aliphatic rings. The van der Waals surface area contributed by atoms with Crippen LogP contribution in [0.2, 0.25) is 0 Å². The number of aromatic nitrogens is 2. The van der Waals surface area contributed by atoms with Crippen LogP contribution >= 0.6 is 0 Å². The molecule has 6 unspecified atom stereocenters. The standard InChI is InChI=1S/C24H33N3O/c1-16(28)27-14-4-10-24(3)19-9-11-23(2)18(17(19)5-8-22(24)27)6-7-20(23)21-15-25-12-13-26-21/h7,12-13,15,17-19,22H,4-6,8-11,14H2,1-3H3. The van der Waals surface area contributed by atoms with Gasteiger partial charge in [0.25, 0.3) is 0 Å². The van der Waals surface area contributed by atoms with Crippen molar-refractivity contribution in [1.82, 2.24) is 14.9 Å². The lowest BCUT2D eigenvalue weighted by Crippen LogP contribution is -2.61. The van der Waals surface area contributed by atoms with E-state index in [0.717, 1.165) is 24.1 Å². The number of allylic oxidation sites excluding steroid dienone is 2. The average Bonchev–Trinajstić information content (AvgIpc) is 3.04. The number of carbonyl (C=O) groups excluding carboxylic acids is 1. The molecule has 0 N–H and O–H groups in total. The quantitative estimate of drug-likeness (QED) is 0.709. The van der Waals surface area contributed by atoms with Crippen LogP contribution < -0.4 is 0 Å². The Balaban J connectivity index is 1.45. The van der Waals surface area contributed by atoms with Crippen LogP contribution in [0.25, 0.3) is 5.57 Å². The van der Waals surface area contributed by atoms with E-state index in [2.05, 4.69) is 34.8 Å². The summed E-state index contributed by atoms with van der Waals surface area (Å²) in [5.74, 6) is 2.52. The summed E-state index contributed by atoms with van der Waals surface area (Å²) in [5, 5.41) is 0. The van der Waals surface area contributed by atoms with Gasteiger partial charge in [-0.25, -0.2) is 0 Å². The van der Waals surface area contributed by atoms with Crippen molar-refractivity contribution < 1.29 is 4.79 Å². The smallest absolute Gasteiger partial charge is 0.219 e. The van der Waals surface area contributed by atoms with E-state index in [9.17, 15) is 4.79 Å². The molecule has 2 saturated carbocycles. The van der Waals surface area contributed by atoms with Gasteiger partial charge in [0.1, 0.15) is 0 Å². The number of hydrogen-bond acceptors (Lipinski definition) is 3. The van der Waals surface area contributed by atoms with Crippen molar-refractivity contribution in [3.63, 3.8) is 0 Å². The van der Waals surface area contributed by atoms with E-state index in [1.54, 1.807) is 13.1 Å². The number of nitrogens with zero attached hydrogens (tertiary/aromatic N) is 3. The third-order valence-electron chi connectivity index (χ3n) is 9.13. The molecule has 0 radical (unpaired) electrons. The molecular weight excluding hydrogens is 346 g/mol. The number of fused-ring (bicyclic) bond motifs is 5. The van der Waals surface area contributed by atoms with Gasteiger partial charge in [0.05, 0.1) is 11.9 Å². The first-order chi connectivity index (χ1) is 13.4. The van der Waals surface area contributed by atoms with Crippen LogP contribution in [0.5, 0.6) is 0 Å². The molecule has 0 bridgehead atoms. The first-order valence-electron chi connectivity index (χ1n) is 11.2. The van der Waals surface area contributed by atoms with Crippen molar-refractivity contribution >= 4 is 11.5 Å². The third-order valence-corrected chi connectivity index (χ3v) is 9.13. The number of rotatable bonds is 1. The zero-order chi connectivity index (χ0) is 19.5. The Morgan fingerprint density at radius 2 is 2.00 bits per heavy atom. The second-order valence-corrected chi connectivity index (χ2v) is 10.2. The Bertz CT molecular complexity index is 805. The molecule has 1 amide bonds. The summed E-state index contributed by atoms with van der Waals surface area (Å²) in [6, 6.07) is 0.457. The normalized spacial score (nSPS) is 42.2. The van der Waals surface area contributed by atoms with Crippen LogP contribution in [-0.4, -0.2) is 33.4 Å². The Morgan fingerprint density at radius 1 is 1.14 bits per heavy atom. The summed E-state index contributed by atoms with van der Waals surface area (Å²) in [6.45, 7) is 7.73. The molecule has 2 heterocycles. The van der Waals surface area contributed by atoms with E-state index in [4.69, 9.17) is 0 Å². The molecule has 0 aromatic carbocycles. The van der Waals surface area contributed by atoms with Gasteiger partial charge in [-0.3, -0.25) is 14.8 Å². The van der Waals surface area contributed by atoms with Crippen LogP contribution in [0.1, 0.15) is 71.4 Å². The second-order valence-electron chi connectivity index (χ2n) is 10.2. The van der Waals surface area contributed by atoms with E-state index in [1.165, 1.54) is 50.5 Å². The van der Waals surface area contributed by atoms with Crippen molar-refractivity contribution in [2.75, 3.05) is 6.54 Å². The fourth-order valence-electron chi connectivity index (χ4n) is 7.87. The van der Waals surface area contributed by atoms with Crippen LogP contribution in [0, 0.1) is 28.6 Å². The Hall–Kier alpha value is -1.71. The summed E-state index contributed by atoms with van der Waals surface area (Å²) in [6.07, 6.45) is 16.6. The van der Waals surface area contributed by atoms with Crippen LogP contribution in [0.15, 0.2) is 24.7 Å². The van der Waals surface area contributed by atoms with Gasteiger partial charge in [-0.15, -0.1) is 0 Å². The third kappa shape index (κ3) is 2.45. The van der Waals surface area contributed by atoms with E-state index >= 15 is 0 Å². The fraction of sp³-hybridized carbons (Fsp3) is 0.708. The summed E-state index contributed by atoms with van der Waals surface area (Å²) in [4.78, 5) is 23.5. The number of piperidine rings is 1. The predicted octanol–water partition coefficient (Wildman–Crippen LogP) is 4.72. The first kappa shape index (κ1) is 18.3. The zero-order valence-electron chi connectivity index (χ0n) is 17.5. The molecule has 1 saturated heterocycles. The van der Waals surface area contributed by atoms with E-state index in [0.29, 0.717) is 17.4 Å². The zero-order valence-corrected chi connectivity index (χ0v) is 17.5. The molecular formula is C24H33N3O. The fourth-order valence-corrected chi connectivity index (χ4v) is 7.87. The maximum Gasteiger partial charge on any atom is 0.219 e. The number of likely N-dealkylation sites (tertiary alicyclic amines) is 1. The number of amides is 1. The van der Waals surface area contributed by atoms with Crippen LogP contribution in [0.4, 0.5) is 0 Å². The molecule has 28 heavy (non-hydrogen) atoms. The molecule has 1 aromatic rings. The highest BCUT2D eigenvalue weighted by Crippen LogP contribution is 2.66. The minimum atomic E-state index is 0.231. The van der Waals surface area contributed by atoms with Gasteiger partial charge in [0.15, 0.2) is 0 Å². The molecule has 150 valence electrons. The van der Waals surface area contributed by atoms with Crippen molar-refractivity contribution in [1.29, 1.82) is 0 Å². The number of hydrogen-bond donors (Lipinski definition) is 0. The molecule has 6 atom stereocenters. The van der Waals surface area contributed by atoms with Crippen molar-refractivity contribution in [3.8, 4) is 0 Å². The minimum Gasteiger partial charge on any atom is -0.339 e. The van der Waals surface area contributed by atoms with Gasteiger partial charge in [0, 0.05) is 31.9 Å². The summed E-state index contributed by atoms with van der Waals surface area (Å²) in [5.41, 5.74) is 3.04. The van der Waals surface area contributed by atoms with Crippen molar-refractivity contribution in [2.45, 2.75) is 71.8 Å². The molecule has 5 rings (SSSR count). The van der Waals surface area contributed by atoms with Gasteiger partial charge in [-0.2, -0.15) is 0 Å². The van der Waals surface area contributed by atoms with Gasteiger partial charge < -0.3 is 4.90 Å². The molecule has 0 spiro atoms.